The van der Waals surface area contributed by atoms with Gasteiger partial charge >= 0.3 is 0 Å². The second kappa shape index (κ2) is 5.14. The lowest BCUT2D eigenvalue weighted by Gasteiger charge is -2.29. The van der Waals surface area contributed by atoms with Crippen LogP contribution in [0.15, 0.2) is 29.4 Å². The Morgan fingerprint density at radius 2 is 2.22 bits per heavy atom. The number of anilines is 1. The van der Waals surface area contributed by atoms with Crippen LogP contribution in [0.2, 0.25) is 0 Å². The van der Waals surface area contributed by atoms with Gasteiger partial charge in [-0.3, -0.25) is 10.2 Å². The van der Waals surface area contributed by atoms with E-state index >= 15 is 0 Å². The lowest BCUT2D eigenvalue weighted by molar-refractivity contribution is -0.116. The number of amides is 1. The molecular weight excluding hydrogens is 248 g/mol. The third-order valence-electron chi connectivity index (χ3n) is 2.76. The molecular formula is C12H14N4OS. The van der Waals surface area contributed by atoms with Gasteiger partial charge in [0.1, 0.15) is 0 Å². The van der Waals surface area contributed by atoms with Gasteiger partial charge in [-0.25, -0.2) is 0 Å². The Kier molecular flexibility index (Phi) is 3.57. The SMILES string of the molecule is CC(=O)N1CC/C(=N\NC(N)=S)c2ccccc21. The molecule has 1 amide bonds. The number of thiocarbonyl (C=S) groups is 1. The molecule has 94 valence electrons. The van der Waals surface area contributed by atoms with E-state index < -0.39 is 0 Å². The third kappa shape index (κ3) is 2.48. The first-order valence-corrected chi connectivity index (χ1v) is 6.00. The van der Waals surface area contributed by atoms with Crippen LogP contribution in [0.25, 0.3) is 0 Å². The molecule has 3 N–H and O–H groups in total. The molecule has 0 saturated carbocycles. The molecule has 0 radical (unpaired) electrons. The molecule has 1 aromatic rings. The summed E-state index contributed by atoms with van der Waals surface area (Å²) in [6.07, 6.45) is 0.673. The summed E-state index contributed by atoms with van der Waals surface area (Å²) in [5, 5.41) is 4.31. The number of fused-ring (bicyclic) bond motifs is 1. The molecule has 5 nitrogen and oxygen atoms in total. The van der Waals surface area contributed by atoms with Crippen molar-refractivity contribution < 1.29 is 4.79 Å². The number of nitrogens with one attached hydrogen (secondary N) is 1. The molecule has 0 aromatic heterocycles. The minimum absolute atomic E-state index is 0.0313. The number of hydrogen-bond acceptors (Lipinski definition) is 3. The first-order valence-electron chi connectivity index (χ1n) is 5.59. The van der Waals surface area contributed by atoms with E-state index in [0.29, 0.717) is 13.0 Å². The second-order valence-corrected chi connectivity index (χ2v) is 4.41. The first kappa shape index (κ1) is 12.5. The van der Waals surface area contributed by atoms with Crippen molar-refractivity contribution in [2.45, 2.75) is 13.3 Å². The number of benzene rings is 1. The molecule has 0 fully saturated rings. The predicted octanol–water partition coefficient (Wildman–Crippen LogP) is 0.980. The summed E-state index contributed by atoms with van der Waals surface area (Å²) >= 11 is 4.72. The van der Waals surface area contributed by atoms with Gasteiger partial charge < -0.3 is 10.6 Å². The Labute approximate surface area is 111 Å². The largest absolute Gasteiger partial charge is 0.375 e. The zero-order valence-electron chi connectivity index (χ0n) is 10.0. The topological polar surface area (TPSA) is 70.7 Å². The van der Waals surface area contributed by atoms with Gasteiger partial charge in [-0.1, -0.05) is 18.2 Å². The van der Waals surface area contributed by atoms with E-state index in [0.717, 1.165) is 17.0 Å². The molecule has 6 heteroatoms. The minimum Gasteiger partial charge on any atom is -0.375 e. The maximum absolute atomic E-state index is 11.6. The number of rotatable bonds is 1. The van der Waals surface area contributed by atoms with Crippen LogP contribution in [-0.4, -0.2) is 23.3 Å². The van der Waals surface area contributed by atoms with E-state index in [1.807, 2.05) is 24.3 Å². The Morgan fingerprint density at radius 1 is 1.50 bits per heavy atom. The Hall–Kier alpha value is -1.95. The molecule has 0 atom stereocenters. The first-order chi connectivity index (χ1) is 8.59. The Balaban J connectivity index is 2.39. The van der Waals surface area contributed by atoms with Crippen LogP contribution in [-0.2, 0) is 4.79 Å². The van der Waals surface area contributed by atoms with Gasteiger partial charge in [0.2, 0.25) is 5.91 Å². The Morgan fingerprint density at radius 3 is 2.89 bits per heavy atom. The van der Waals surface area contributed by atoms with Crippen LogP contribution in [0.1, 0.15) is 18.9 Å². The van der Waals surface area contributed by atoms with Crippen molar-refractivity contribution in [1.29, 1.82) is 0 Å². The zero-order chi connectivity index (χ0) is 13.1. The lowest BCUT2D eigenvalue weighted by atomic mass is 9.99. The summed E-state index contributed by atoms with van der Waals surface area (Å²) in [6.45, 7) is 2.18. The normalized spacial score (nSPS) is 16.3. The molecule has 1 aromatic carbocycles. The van der Waals surface area contributed by atoms with Crippen LogP contribution in [0, 0.1) is 0 Å². The van der Waals surface area contributed by atoms with Gasteiger partial charge in [-0.2, -0.15) is 5.10 Å². The fourth-order valence-corrected chi connectivity index (χ4v) is 2.04. The predicted molar refractivity (Wildman–Crippen MR) is 75.5 cm³/mol. The minimum atomic E-state index is 0.0313. The number of hydrazone groups is 1. The van der Waals surface area contributed by atoms with E-state index in [4.69, 9.17) is 18.0 Å². The number of nitrogens with two attached hydrogens (primary N) is 1. The van der Waals surface area contributed by atoms with Gasteiger partial charge in [-0.15, -0.1) is 0 Å². The molecule has 1 aliphatic rings. The summed E-state index contributed by atoms with van der Waals surface area (Å²) in [5.41, 5.74) is 10.6. The third-order valence-corrected chi connectivity index (χ3v) is 2.85. The summed E-state index contributed by atoms with van der Waals surface area (Å²) in [4.78, 5) is 13.3. The van der Waals surface area contributed by atoms with Crippen molar-refractivity contribution in [2.75, 3.05) is 11.4 Å². The smallest absolute Gasteiger partial charge is 0.223 e. The molecule has 0 unspecified atom stereocenters. The van der Waals surface area contributed by atoms with E-state index in [1.54, 1.807) is 11.8 Å². The van der Waals surface area contributed by atoms with Gasteiger partial charge in [0.05, 0.1) is 11.4 Å². The molecule has 1 heterocycles. The Bertz CT molecular complexity index is 527. The fraction of sp³-hybridized carbons (Fsp3) is 0.250. The van der Waals surface area contributed by atoms with Crippen molar-refractivity contribution >= 4 is 34.6 Å². The molecule has 1 aliphatic heterocycles. The summed E-state index contributed by atoms with van der Waals surface area (Å²) < 4.78 is 0. The van der Waals surface area contributed by atoms with Gasteiger partial charge in [0.15, 0.2) is 5.11 Å². The highest BCUT2D eigenvalue weighted by molar-refractivity contribution is 7.80. The van der Waals surface area contributed by atoms with Crippen molar-refractivity contribution in [3.8, 4) is 0 Å². The average molecular weight is 262 g/mol. The monoisotopic (exact) mass is 262 g/mol. The number of nitrogens with zero attached hydrogens (tertiary/aromatic N) is 2. The molecule has 18 heavy (non-hydrogen) atoms. The van der Waals surface area contributed by atoms with Crippen molar-refractivity contribution in [3.63, 3.8) is 0 Å². The van der Waals surface area contributed by atoms with Crippen molar-refractivity contribution in [2.24, 2.45) is 10.8 Å². The van der Waals surface area contributed by atoms with Crippen molar-refractivity contribution in [1.82, 2.24) is 5.43 Å². The standard InChI is InChI=1S/C12H14N4OS/c1-8(17)16-7-6-10(14-15-12(13)18)9-4-2-3-5-11(9)16/h2-5H,6-7H2,1H3,(H3,13,15,18)/b14-10+. The highest BCUT2D eigenvalue weighted by Crippen LogP contribution is 2.27. The average Bonchev–Trinajstić information content (AvgIpc) is 2.35. The van der Waals surface area contributed by atoms with Crippen LogP contribution in [0.5, 0.6) is 0 Å². The van der Waals surface area contributed by atoms with Crippen LogP contribution < -0.4 is 16.1 Å². The molecule has 0 saturated heterocycles. The number of carbonyl (C=O) groups is 1. The van der Waals surface area contributed by atoms with E-state index in [2.05, 4.69) is 10.5 Å². The van der Waals surface area contributed by atoms with Crippen LogP contribution in [0.4, 0.5) is 5.69 Å². The highest BCUT2D eigenvalue weighted by atomic mass is 32.1. The second-order valence-electron chi connectivity index (χ2n) is 3.97. The highest BCUT2D eigenvalue weighted by Gasteiger charge is 2.23. The number of carbonyl (C=O) groups excluding carboxylic acids is 1. The maximum atomic E-state index is 11.6. The van der Waals surface area contributed by atoms with E-state index in [9.17, 15) is 4.79 Å². The van der Waals surface area contributed by atoms with Crippen LogP contribution in [0.3, 0.4) is 0 Å². The van der Waals surface area contributed by atoms with Gasteiger partial charge in [0.25, 0.3) is 0 Å². The molecule has 0 bridgehead atoms. The molecule has 0 spiro atoms. The van der Waals surface area contributed by atoms with Crippen molar-refractivity contribution in [3.05, 3.63) is 29.8 Å². The van der Waals surface area contributed by atoms with Gasteiger partial charge in [-0.05, 0) is 18.3 Å². The summed E-state index contributed by atoms with van der Waals surface area (Å²) in [6, 6.07) is 7.66. The van der Waals surface area contributed by atoms with E-state index in [1.165, 1.54) is 0 Å². The number of para-hydroxylation sites is 1. The maximum Gasteiger partial charge on any atom is 0.223 e. The van der Waals surface area contributed by atoms with E-state index in [-0.39, 0.29) is 11.0 Å². The van der Waals surface area contributed by atoms with Crippen LogP contribution >= 0.6 is 12.2 Å². The fourth-order valence-electron chi connectivity index (χ4n) is 1.99. The summed E-state index contributed by atoms with van der Waals surface area (Å²) in [7, 11) is 0. The number of hydrogen-bond donors (Lipinski definition) is 2. The zero-order valence-corrected chi connectivity index (χ0v) is 10.8. The molecule has 2 rings (SSSR count). The summed E-state index contributed by atoms with van der Waals surface area (Å²) in [5.74, 6) is 0.0313. The molecule has 0 aliphatic carbocycles. The lowest BCUT2D eigenvalue weighted by Crippen LogP contribution is -2.37. The quantitative estimate of drug-likeness (QED) is 0.584. The van der Waals surface area contributed by atoms with Gasteiger partial charge in [0, 0.05) is 25.5 Å².